The summed E-state index contributed by atoms with van der Waals surface area (Å²) >= 11 is 0. The van der Waals surface area contributed by atoms with Gasteiger partial charge in [-0.25, -0.2) is 0 Å². The Morgan fingerprint density at radius 2 is 1.95 bits per heavy atom. The largest absolute Gasteiger partial charge is 0.355 e. The van der Waals surface area contributed by atoms with Crippen molar-refractivity contribution in [2.24, 2.45) is 28.9 Å². The maximum absolute atomic E-state index is 12.3. The molecule has 3 heteroatoms. The predicted octanol–water partition coefficient (Wildman–Crippen LogP) is 2.94. The minimum Gasteiger partial charge on any atom is -0.355 e. The molecule has 0 saturated heterocycles. The van der Waals surface area contributed by atoms with Crippen molar-refractivity contribution in [1.29, 1.82) is 0 Å². The Morgan fingerprint density at radius 1 is 1.32 bits per heavy atom. The summed E-state index contributed by atoms with van der Waals surface area (Å²) in [5.41, 5.74) is 6.17. The Kier molecular flexibility index (Phi) is 5.84. The highest BCUT2D eigenvalue weighted by molar-refractivity contribution is 5.78. The van der Waals surface area contributed by atoms with Crippen LogP contribution in [0.2, 0.25) is 0 Å². The van der Waals surface area contributed by atoms with Crippen LogP contribution in [0.15, 0.2) is 0 Å². The van der Waals surface area contributed by atoms with E-state index >= 15 is 0 Å². The summed E-state index contributed by atoms with van der Waals surface area (Å²) in [7, 11) is 0. The van der Waals surface area contributed by atoms with Gasteiger partial charge in [-0.1, -0.05) is 41.0 Å². The number of hydrogen-bond donors (Lipinski definition) is 2. The van der Waals surface area contributed by atoms with E-state index in [1.807, 2.05) is 0 Å². The zero-order valence-electron chi connectivity index (χ0n) is 13.3. The van der Waals surface area contributed by atoms with Crippen LogP contribution >= 0.6 is 0 Å². The van der Waals surface area contributed by atoms with E-state index in [0.29, 0.717) is 17.9 Å². The molecular weight excluding hydrogens is 236 g/mol. The molecule has 0 aromatic heterocycles. The molecule has 1 aliphatic carbocycles. The van der Waals surface area contributed by atoms with Crippen LogP contribution in [0.25, 0.3) is 0 Å². The van der Waals surface area contributed by atoms with Gasteiger partial charge in [0.1, 0.15) is 0 Å². The highest BCUT2D eigenvalue weighted by Gasteiger charge is 2.30. The fraction of sp³-hybridized carbons (Fsp3) is 0.938. The molecule has 3 unspecified atom stereocenters. The molecule has 3 atom stereocenters. The van der Waals surface area contributed by atoms with E-state index in [-0.39, 0.29) is 17.2 Å². The Hall–Kier alpha value is -0.570. The summed E-state index contributed by atoms with van der Waals surface area (Å²) in [6, 6.07) is 0.293. The van der Waals surface area contributed by atoms with Crippen molar-refractivity contribution in [2.75, 3.05) is 6.54 Å². The smallest absolute Gasteiger partial charge is 0.223 e. The lowest BCUT2D eigenvalue weighted by molar-refractivity contribution is -0.127. The predicted molar refractivity (Wildman–Crippen MR) is 80.7 cm³/mol. The normalized spacial score (nSPS) is 26.3. The first kappa shape index (κ1) is 16.5. The summed E-state index contributed by atoms with van der Waals surface area (Å²) in [5.74, 6) is 1.32. The number of carbonyl (C=O) groups is 1. The maximum Gasteiger partial charge on any atom is 0.223 e. The molecule has 1 saturated carbocycles. The summed E-state index contributed by atoms with van der Waals surface area (Å²) in [6.45, 7) is 11.6. The van der Waals surface area contributed by atoms with Crippen molar-refractivity contribution in [1.82, 2.24) is 5.32 Å². The van der Waals surface area contributed by atoms with Gasteiger partial charge >= 0.3 is 0 Å². The van der Waals surface area contributed by atoms with Gasteiger partial charge in [-0.05, 0) is 36.5 Å². The van der Waals surface area contributed by atoms with Gasteiger partial charge in [-0.2, -0.15) is 0 Å². The van der Waals surface area contributed by atoms with Crippen LogP contribution in [0.5, 0.6) is 0 Å². The maximum atomic E-state index is 12.3. The van der Waals surface area contributed by atoms with E-state index in [0.717, 1.165) is 25.8 Å². The highest BCUT2D eigenvalue weighted by atomic mass is 16.1. The van der Waals surface area contributed by atoms with Crippen LogP contribution in [0.3, 0.4) is 0 Å². The molecular formula is C16H32N2O. The summed E-state index contributed by atoms with van der Waals surface area (Å²) in [6.07, 6.45) is 4.43. The monoisotopic (exact) mass is 268 g/mol. The third-order valence-electron chi connectivity index (χ3n) is 5.16. The van der Waals surface area contributed by atoms with Crippen LogP contribution in [0.1, 0.15) is 60.3 Å². The van der Waals surface area contributed by atoms with E-state index in [1.54, 1.807) is 0 Å². The number of carbonyl (C=O) groups excluding carboxylic acids is 1. The summed E-state index contributed by atoms with van der Waals surface area (Å²) in [4.78, 5) is 12.3. The molecule has 3 nitrogen and oxygen atoms in total. The Bertz CT molecular complexity index is 299. The van der Waals surface area contributed by atoms with Gasteiger partial charge in [0, 0.05) is 18.5 Å². The van der Waals surface area contributed by atoms with Crippen LogP contribution < -0.4 is 11.1 Å². The van der Waals surface area contributed by atoms with E-state index in [4.69, 9.17) is 5.73 Å². The lowest BCUT2D eigenvalue weighted by Gasteiger charge is -2.33. The summed E-state index contributed by atoms with van der Waals surface area (Å²) < 4.78 is 0. The van der Waals surface area contributed by atoms with Crippen LogP contribution in [-0.2, 0) is 4.79 Å². The number of rotatable bonds is 5. The van der Waals surface area contributed by atoms with Crippen molar-refractivity contribution in [3.63, 3.8) is 0 Å². The average Bonchev–Trinajstić information content (AvgIpc) is 2.35. The molecule has 0 heterocycles. The molecule has 1 rings (SSSR count). The standard InChI is InChI=1S/C16H32N2O/c1-11(2)16(4,5)10-18-15(19)12(3)13-7-6-8-14(17)9-13/h11-14H,6-10,17H2,1-5H3,(H,18,19). The van der Waals surface area contributed by atoms with Gasteiger partial charge in [0.2, 0.25) is 5.91 Å². The minimum atomic E-state index is 0.0920. The van der Waals surface area contributed by atoms with Crippen LogP contribution in [0, 0.1) is 23.2 Å². The zero-order chi connectivity index (χ0) is 14.6. The van der Waals surface area contributed by atoms with E-state index in [9.17, 15) is 4.79 Å². The van der Waals surface area contributed by atoms with Crippen molar-refractivity contribution < 1.29 is 4.79 Å². The van der Waals surface area contributed by atoms with Gasteiger partial charge in [0.05, 0.1) is 0 Å². The Balaban J connectivity index is 2.44. The third kappa shape index (κ3) is 4.79. The molecule has 3 N–H and O–H groups in total. The van der Waals surface area contributed by atoms with Crippen molar-refractivity contribution >= 4 is 5.91 Å². The topological polar surface area (TPSA) is 55.1 Å². The lowest BCUT2D eigenvalue weighted by Crippen LogP contribution is -2.42. The molecule has 0 aromatic carbocycles. The molecule has 0 bridgehead atoms. The molecule has 0 aliphatic heterocycles. The van der Waals surface area contributed by atoms with Gasteiger partial charge in [0.15, 0.2) is 0 Å². The first-order valence-electron chi connectivity index (χ1n) is 7.77. The highest BCUT2D eigenvalue weighted by Crippen LogP contribution is 2.30. The second-order valence-corrected chi connectivity index (χ2v) is 7.34. The van der Waals surface area contributed by atoms with Gasteiger partial charge in [-0.3, -0.25) is 4.79 Å². The number of amides is 1. The molecule has 1 aliphatic rings. The van der Waals surface area contributed by atoms with Crippen molar-refractivity contribution in [3.05, 3.63) is 0 Å². The SMILES string of the molecule is CC(C(=O)NCC(C)(C)C(C)C)C1CCCC(N)C1. The molecule has 112 valence electrons. The van der Waals surface area contributed by atoms with E-state index in [2.05, 4.69) is 39.9 Å². The Morgan fingerprint density at radius 3 is 2.47 bits per heavy atom. The van der Waals surface area contributed by atoms with Gasteiger partial charge < -0.3 is 11.1 Å². The van der Waals surface area contributed by atoms with Gasteiger partial charge in [0.25, 0.3) is 0 Å². The first-order valence-corrected chi connectivity index (χ1v) is 7.77. The molecule has 1 fully saturated rings. The number of nitrogens with one attached hydrogen (secondary N) is 1. The summed E-state index contributed by atoms with van der Waals surface area (Å²) in [5, 5.41) is 3.14. The Labute approximate surface area is 118 Å². The fourth-order valence-corrected chi connectivity index (χ4v) is 2.62. The third-order valence-corrected chi connectivity index (χ3v) is 5.16. The van der Waals surface area contributed by atoms with Gasteiger partial charge in [-0.15, -0.1) is 0 Å². The lowest BCUT2D eigenvalue weighted by atomic mass is 9.78. The molecule has 1 amide bonds. The average molecular weight is 268 g/mol. The first-order chi connectivity index (χ1) is 8.74. The van der Waals surface area contributed by atoms with Crippen molar-refractivity contribution in [2.45, 2.75) is 66.3 Å². The van der Waals surface area contributed by atoms with E-state index in [1.165, 1.54) is 6.42 Å². The van der Waals surface area contributed by atoms with E-state index < -0.39 is 0 Å². The second-order valence-electron chi connectivity index (χ2n) is 7.34. The quantitative estimate of drug-likeness (QED) is 0.805. The number of hydrogen-bond acceptors (Lipinski definition) is 2. The van der Waals surface area contributed by atoms with Crippen LogP contribution in [-0.4, -0.2) is 18.5 Å². The molecule has 0 aromatic rings. The number of nitrogens with two attached hydrogens (primary N) is 1. The minimum absolute atomic E-state index is 0.0920. The zero-order valence-corrected chi connectivity index (χ0v) is 13.3. The molecule has 0 radical (unpaired) electrons. The van der Waals surface area contributed by atoms with Crippen molar-refractivity contribution in [3.8, 4) is 0 Å². The van der Waals surface area contributed by atoms with Crippen LogP contribution in [0.4, 0.5) is 0 Å². The second kappa shape index (κ2) is 6.74. The molecule has 0 spiro atoms. The molecule has 19 heavy (non-hydrogen) atoms. The fourth-order valence-electron chi connectivity index (χ4n) is 2.62.